The molecule has 4 amide bonds. The van der Waals surface area contributed by atoms with Gasteiger partial charge in [0.15, 0.2) is 0 Å². The number of methoxy groups -OCH3 is 1. The number of aliphatic hydroxyl groups excluding tert-OH is 1. The SMILES string of the molecule is COC(=O)NC(C(=O)N1CCCC1c1nc2ccc(N3CCc4cc5c(cc4CC3)CC(c3ccc4nc(C6CCCN6C(=O)C(NC(=O)CO)C(C)C)[nH]c4c3)=C5)cc2[nH]1)C(C)C. The minimum atomic E-state index is -0.715. The average Bonchev–Trinajstić information content (AvgIpc) is 4.14. The van der Waals surface area contributed by atoms with E-state index in [9.17, 15) is 24.3 Å². The summed E-state index contributed by atoms with van der Waals surface area (Å²) in [5.41, 5.74) is 12.5. The molecule has 3 aliphatic heterocycles. The number of hydrogen-bond acceptors (Lipinski definition) is 9. The number of anilines is 1. The number of nitrogens with one attached hydrogen (secondary N) is 4. The summed E-state index contributed by atoms with van der Waals surface area (Å²) in [6.45, 7) is 9.95. The van der Waals surface area contributed by atoms with Gasteiger partial charge in [-0.25, -0.2) is 14.8 Å². The van der Waals surface area contributed by atoms with Crippen LogP contribution in [0.2, 0.25) is 0 Å². The largest absolute Gasteiger partial charge is 0.453 e. The number of aliphatic hydroxyl groups is 1. The Hall–Kier alpha value is -6.22. The molecule has 336 valence electrons. The molecule has 2 fully saturated rings. The number of carbonyl (C=O) groups excluding carboxylic acids is 4. The van der Waals surface area contributed by atoms with Crippen LogP contribution in [0.1, 0.15) is 105 Å². The number of rotatable bonds is 11. The standard InChI is InChI=1S/C49H59N9O6/c1-27(2)43(54-42(60)26-59)47(61)57-16-6-8-40(57)45-50-36-12-10-29(24-38(36)52-45)32-22-33-20-30-14-18-56(19-15-31(30)21-34(33)23-32)35-11-13-37-39(25-35)53-46(51-37)41-9-7-17-58(41)48(62)44(28(3)4)55-49(63)64-5/h10-13,20-22,24-25,27-28,40-41,43-44,59H,6-9,14-19,23,26H2,1-5H3,(H,50,52)(H,51,53)(H,54,60)(H,55,63). The third kappa shape index (κ3) is 8.33. The van der Waals surface area contributed by atoms with Gasteiger partial charge in [-0.15, -0.1) is 0 Å². The van der Waals surface area contributed by atoms with Crippen molar-refractivity contribution < 1.29 is 29.0 Å². The van der Waals surface area contributed by atoms with Gasteiger partial charge in [0.2, 0.25) is 17.7 Å². The predicted molar refractivity (Wildman–Crippen MR) is 245 cm³/mol. The molecule has 64 heavy (non-hydrogen) atoms. The number of nitrogens with zero attached hydrogens (tertiary/aromatic N) is 5. The van der Waals surface area contributed by atoms with E-state index in [4.69, 9.17) is 14.7 Å². The van der Waals surface area contributed by atoms with Crippen LogP contribution in [0.3, 0.4) is 0 Å². The first-order chi connectivity index (χ1) is 30.9. The van der Waals surface area contributed by atoms with Crippen molar-refractivity contribution in [2.75, 3.05) is 44.8 Å². The molecule has 2 saturated heterocycles. The zero-order valence-corrected chi connectivity index (χ0v) is 37.4. The van der Waals surface area contributed by atoms with E-state index < -0.39 is 30.7 Å². The van der Waals surface area contributed by atoms with Crippen LogP contribution in [0.15, 0.2) is 48.5 Å². The Morgan fingerprint density at radius 2 is 1.33 bits per heavy atom. The number of benzene rings is 3. The molecule has 5 heterocycles. The van der Waals surface area contributed by atoms with Gasteiger partial charge < -0.3 is 45.1 Å². The van der Waals surface area contributed by atoms with Crippen LogP contribution < -0.4 is 15.5 Å². The number of hydrogen-bond donors (Lipinski definition) is 5. The van der Waals surface area contributed by atoms with Crippen molar-refractivity contribution in [3.05, 3.63) is 88.0 Å². The van der Waals surface area contributed by atoms with Gasteiger partial charge in [0.25, 0.3) is 0 Å². The highest BCUT2D eigenvalue weighted by atomic mass is 16.5. The lowest BCUT2D eigenvalue weighted by Crippen LogP contribution is -2.51. The molecular formula is C49H59N9O6. The van der Waals surface area contributed by atoms with Crippen LogP contribution in [0, 0.1) is 11.8 Å². The zero-order chi connectivity index (χ0) is 44.8. The monoisotopic (exact) mass is 869 g/mol. The Balaban J connectivity index is 0.869. The number of likely N-dealkylation sites (tertiary alicyclic amines) is 2. The van der Waals surface area contributed by atoms with Crippen LogP contribution in [-0.4, -0.2) is 111 Å². The lowest BCUT2D eigenvalue weighted by molar-refractivity contribution is -0.139. The molecule has 5 aromatic rings. The van der Waals surface area contributed by atoms with Gasteiger partial charge in [-0.1, -0.05) is 52.0 Å². The van der Waals surface area contributed by atoms with Crippen molar-refractivity contribution in [2.45, 2.75) is 96.8 Å². The number of ether oxygens (including phenoxy) is 1. The van der Waals surface area contributed by atoms with Crippen molar-refractivity contribution >= 4 is 63.2 Å². The van der Waals surface area contributed by atoms with Gasteiger partial charge in [0.05, 0.1) is 41.3 Å². The lowest BCUT2D eigenvalue weighted by Gasteiger charge is -2.30. The number of fused-ring (bicyclic) bond motifs is 4. The first kappa shape index (κ1) is 43.1. The Bertz CT molecular complexity index is 2650. The summed E-state index contributed by atoms with van der Waals surface area (Å²) in [4.78, 5) is 74.6. The summed E-state index contributed by atoms with van der Waals surface area (Å²) in [5, 5.41) is 14.7. The van der Waals surface area contributed by atoms with Crippen LogP contribution in [0.25, 0.3) is 33.7 Å². The number of aromatic nitrogens is 4. The Labute approximate surface area is 373 Å². The van der Waals surface area contributed by atoms with Crippen molar-refractivity contribution in [1.82, 2.24) is 40.4 Å². The van der Waals surface area contributed by atoms with E-state index in [2.05, 4.69) is 80.1 Å². The number of allylic oxidation sites excluding steroid dienone is 1. The van der Waals surface area contributed by atoms with E-state index in [-0.39, 0.29) is 35.7 Å². The Morgan fingerprint density at radius 1 is 0.750 bits per heavy atom. The zero-order valence-electron chi connectivity index (χ0n) is 37.4. The maximum atomic E-state index is 13.7. The van der Waals surface area contributed by atoms with E-state index in [1.54, 1.807) is 0 Å². The van der Waals surface area contributed by atoms with Crippen molar-refractivity contribution in [2.24, 2.45) is 11.8 Å². The molecule has 0 bridgehead atoms. The molecule has 4 unspecified atom stereocenters. The first-order valence-electron chi connectivity index (χ1n) is 22.8. The van der Waals surface area contributed by atoms with Crippen LogP contribution in [0.4, 0.5) is 10.5 Å². The van der Waals surface area contributed by atoms with Gasteiger partial charge in [-0.2, -0.15) is 0 Å². The van der Waals surface area contributed by atoms with Gasteiger partial charge in [0.1, 0.15) is 30.3 Å². The smallest absolute Gasteiger partial charge is 0.407 e. The summed E-state index contributed by atoms with van der Waals surface area (Å²) in [6, 6.07) is 15.8. The van der Waals surface area contributed by atoms with E-state index >= 15 is 0 Å². The van der Waals surface area contributed by atoms with Gasteiger partial charge >= 0.3 is 6.09 Å². The molecule has 3 aromatic carbocycles. The Kier molecular flexibility index (Phi) is 11.9. The van der Waals surface area contributed by atoms with E-state index in [1.807, 2.05) is 37.5 Å². The highest BCUT2D eigenvalue weighted by Gasteiger charge is 2.39. The number of H-pyrrole nitrogens is 2. The molecule has 15 nitrogen and oxygen atoms in total. The van der Waals surface area contributed by atoms with Gasteiger partial charge in [0, 0.05) is 31.9 Å². The number of amides is 4. The summed E-state index contributed by atoms with van der Waals surface area (Å²) in [5.74, 6) is 0.465. The van der Waals surface area contributed by atoms with Gasteiger partial charge in [-0.3, -0.25) is 14.4 Å². The normalized spacial score (nSPS) is 19.5. The fraction of sp³-hybridized carbons (Fsp3) is 0.469. The molecule has 15 heteroatoms. The summed E-state index contributed by atoms with van der Waals surface area (Å²) < 4.78 is 4.80. The molecule has 4 aliphatic rings. The molecular weight excluding hydrogens is 811 g/mol. The van der Waals surface area contributed by atoms with E-state index in [0.29, 0.717) is 13.1 Å². The van der Waals surface area contributed by atoms with E-state index in [0.717, 1.165) is 103 Å². The molecule has 0 spiro atoms. The highest BCUT2D eigenvalue weighted by molar-refractivity contribution is 5.92. The minimum Gasteiger partial charge on any atom is -0.453 e. The third-order valence-electron chi connectivity index (χ3n) is 13.7. The van der Waals surface area contributed by atoms with Crippen molar-refractivity contribution in [3.63, 3.8) is 0 Å². The van der Waals surface area contributed by atoms with Crippen LogP contribution in [0.5, 0.6) is 0 Å². The third-order valence-corrected chi connectivity index (χ3v) is 13.7. The Morgan fingerprint density at radius 3 is 1.92 bits per heavy atom. The number of imidazole rings is 2. The number of aromatic amines is 2. The second-order valence-corrected chi connectivity index (χ2v) is 18.5. The maximum absolute atomic E-state index is 13.7. The summed E-state index contributed by atoms with van der Waals surface area (Å²) in [6.07, 6.45) is 7.72. The lowest BCUT2D eigenvalue weighted by atomic mass is 9.96. The van der Waals surface area contributed by atoms with E-state index in [1.165, 1.54) is 34.9 Å². The topological polar surface area (TPSA) is 189 Å². The number of alkyl carbamates (subject to hydrolysis) is 1. The summed E-state index contributed by atoms with van der Waals surface area (Å²) in [7, 11) is 1.30. The molecule has 5 N–H and O–H groups in total. The maximum Gasteiger partial charge on any atom is 0.407 e. The molecule has 1 aliphatic carbocycles. The van der Waals surface area contributed by atoms with Crippen molar-refractivity contribution in [1.29, 1.82) is 0 Å². The molecule has 0 radical (unpaired) electrons. The van der Waals surface area contributed by atoms with Crippen LogP contribution in [-0.2, 0) is 38.4 Å². The quantitative estimate of drug-likeness (QED) is 0.106. The fourth-order valence-corrected chi connectivity index (χ4v) is 10.2. The predicted octanol–water partition coefficient (Wildman–Crippen LogP) is 5.98. The van der Waals surface area contributed by atoms with Gasteiger partial charge in [-0.05, 0) is 121 Å². The second-order valence-electron chi connectivity index (χ2n) is 18.5. The second kappa shape index (κ2) is 17.7. The van der Waals surface area contributed by atoms with Crippen molar-refractivity contribution in [3.8, 4) is 0 Å². The first-order valence-corrected chi connectivity index (χ1v) is 22.8. The molecule has 2 aromatic heterocycles. The van der Waals surface area contributed by atoms with Crippen LogP contribution >= 0.6 is 0 Å². The molecule has 0 saturated carbocycles. The number of carbonyl (C=O) groups is 4. The highest BCUT2D eigenvalue weighted by Crippen LogP contribution is 2.38. The summed E-state index contributed by atoms with van der Waals surface area (Å²) >= 11 is 0. The molecule has 4 atom stereocenters. The fourth-order valence-electron chi connectivity index (χ4n) is 10.2. The minimum absolute atomic E-state index is 0.0990. The molecule has 9 rings (SSSR count). The average molecular weight is 870 g/mol.